The van der Waals surface area contributed by atoms with Gasteiger partial charge in [0.2, 0.25) is 5.91 Å². The zero-order valence-corrected chi connectivity index (χ0v) is 15.9. The number of nitrogens with one attached hydrogen (secondary N) is 1. The summed E-state index contributed by atoms with van der Waals surface area (Å²) < 4.78 is 16.5. The van der Waals surface area contributed by atoms with Gasteiger partial charge in [-0.3, -0.25) is 4.79 Å². The van der Waals surface area contributed by atoms with Crippen LogP contribution in [0.4, 0.5) is 0 Å². The van der Waals surface area contributed by atoms with Gasteiger partial charge in [0.25, 0.3) is 0 Å². The molecule has 154 valence electrons. The zero-order chi connectivity index (χ0) is 19.4. The third-order valence-electron chi connectivity index (χ3n) is 4.40. The molecule has 0 aliphatic carbocycles. The van der Waals surface area contributed by atoms with Gasteiger partial charge in [-0.15, -0.1) is 0 Å². The van der Waals surface area contributed by atoms with Gasteiger partial charge in [-0.25, -0.2) is 0 Å². The molecule has 1 aliphatic heterocycles. The average molecular weight is 377 g/mol. The van der Waals surface area contributed by atoms with Gasteiger partial charge in [0.05, 0.1) is 19.8 Å². The lowest BCUT2D eigenvalue weighted by molar-refractivity contribution is -0.272. The molecule has 5 atom stereocenters. The lowest BCUT2D eigenvalue weighted by Crippen LogP contribution is -2.64. The third-order valence-corrected chi connectivity index (χ3v) is 4.40. The van der Waals surface area contributed by atoms with E-state index in [2.05, 4.69) is 12.2 Å². The van der Waals surface area contributed by atoms with E-state index in [-0.39, 0.29) is 12.5 Å². The molecule has 1 unspecified atom stereocenters. The molecule has 0 spiro atoms. The van der Waals surface area contributed by atoms with Gasteiger partial charge in [-0.05, 0) is 6.42 Å². The number of amides is 1. The number of unbranched alkanes of at least 4 members (excludes halogenated alkanes) is 5. The first-order chi connectivity index (χ1) is 12.5. The Morgan fingerprint density at radius 1 is 1.04 bits per heavy atom. The van der Waals surface area contributed by atoms with Gasteiger partial charge in [0.15, 0.2) is 6.29 Å². The van der Waals surface area contributed by atoms with Crippen LogP contribution in [0.2, 0.25) is 0 Å². The van der Waals surface area contributed by atoms with Gasteiger partial charge >= 0.3 is 0 Å². The van der Waals surface area contributed by atoms with Crippen LogP contribution < -0.4 is 5.32 Å². The van der Waals surface area contributed by atoms with Crippen molar-refractivity contribution in [1.29, 1.82) is 0 Å². The topological polar surface area (TPSA) is 117 Å². The molecule has 1 rings (SSSR count). The number of ether oxygens (including phenoxy) is 3. The van der Waals surface area contributed by atoms with Gasteiger partial charge in [-0.1, -0.05) is 39.0 Å². The van der Waals surface area contributed by atoms with Crippen LogP contribution in [0.3, 0.4) is 0 Å². The maximum atomic E-state index is 11.3. The van der Waals surface area contributed by atoms with Gasteiger partial charge < -0.3 is 34.8 Å². The molecule has 0 aromatic rings. The first-order valence-electron chi connectivity index (χ1n) is 9.60. The molecule has 1 heterocycles. The Bertz CT molecular complexity index is 383. The standard InChI is InChI=1S/C18H35NO7/c1-3-4-5-6-7-8-9-24-10-11-25-18-15(19-13(2)21)17(23)16(22)14(12-20)26-18/h14-18,20,22-23H,3-12H2,1-2H3,(H,19,21)/t14-,15-,16-,17-,18?/m1/s1. The molecule has 0 aromatic carbocycles. The highest BCUT2D eigenvalue weighted by Gasteiger charge is 2.45. The number of hydrogen-bond acceptors (Lipinski definition) is 7. The monoisotopic (exact) mass is 377 g/mol. The highest BCUT2D eigenvalue weighted by molar-refractivity contribution is 5.73. The summed E-state index contributed by atoms with van der Waals surface area (Å²) in [7, 11) is 0. The zero-order valence-electron chi connectivity index (χ0n) is 15.9. The van der Waals surface area contributed by atoms with Crippen LogP contribution >= 0.6 is 0 Å². The Morgan fingerprint density at radius 2 is 1.73 bits per heavy atom. The second-order valence-corrected chi connectivity index (χ2v) is 6.68. The predicted octanol–water partition coefficient (Wildman–Crippen LogP) is 0.324. The quantitative estimate of drug-likeness (QED) is 0.342. The summed E-state index contributed by atoms with van der Waals surface area (Å²) in [5, 5.41) is 31.8. The van der Waals surface area contributed by atoms with Crippen molar-refractivity contribution in [1.82, 2.24) is 5.32 Å². The number of hydrogen-bond donors (Lipinski definition) is 4. The van der Waals surface area contributed by atoms with E-state index in [0.29, 0.717) is 13.2 Å². The number of aliphatic hydroxyl groups excluding tert-OH is 3. The average Bonchev–Trinajstić information content (AvgIpc) is 2.62. The number of carbonyl (C=O) groups is 1. The Balaban J connectivity index is 2.28. The lowest BCUT2D eigenvalue weighted by Gasteiger charge is -2.42. The SMILES string of the molecule is CCCCCCCCOCCOC1O[C@H](CO)[C@@H](O)[C@H](O)[C@H]1NC(C)=O. The Hall–Kier alpha value is -0.770. The second-order valence-electron chi connectivity index (χ2n) is 6.68. The van der Waals surface area contributed by atoms with Crippen molar-refractivity contribution in [2.75, 3.05) is 26.4 Å². The number of rotatable bonds is 13. The minimum Gasteiger partial charge on any atom is -0.394 e. The van der Waals surface area contributed by atoms with Crippen LogP contribution in [-0.2, 0) is 19.0 Å². The van der Waals surface area contributed by atoms with E-state index in [1.165, 1.54) is 32.6 Å². The van der Waals surface area contributed by atoms with Gasteiger partial charge in [0, 0.05) is 13.5 Å². The van der Waals surface area contributed by atoms with E-state index in [1.54, 1.807) is 0 Å². The predicted molar refractivity (Wildman–Crippen MR) is 95.5 cm³/mol. The van der Waals surface area contributed by atoms with Crippen LogP contribution in [0.1, 0.15) is 52.4 Å². The highest BCUT2D eigenvalue weighted by atomic mass is 16.7. The van der Waals surface area contributed by atoms with Crippen LogP contribution in [0.5, 0.6) is 0 Å². The largest absolute Gasteiger partial charge is 0.394 e. The summed E-state index contributed by atoms with van der Waals surface area (Å²) in [4.78, 5) is 11.3. The minimum absolute atomic E-state index is 0.220. The first-order valence-corrected chi connectivity index (χ1v) is 9.60. The number of carbonyl (C=O) groups excluding carboxylic acids is 1. The normalized spacial score (nSPS) is 28.9. The molecule has 26 heavy (non-hydrogen) atoms. The third kappa shape index (κ3) is 8.28. The molecule has 1 amide bonds. The summed E-state index contributed by atoms with van der Waals surface area (Å²) in [5.41, 5.74) is 0. The van der Waals surface area contributed by atoms with E-state index < -0.39 is 37.3 Å². The molecule has 8 heteroatoms. The van der Waals surface area contributed by atoms with Crippen LogP contribution in [-0.4, -0.2) is 78.3 Å². The summed E-state index contributed by atoms with van der Waals surface area (Å²) in [6.45, 7) is 4.29. The van der Waals surface area contributed by atoms with E-state index in [4.69, 9.17) is 14.2 Å². The first kappa shape index (κ1) is 23.3. The molecule has 0 radical (unpaired) electrons. The van der Waals surface area contributed by atoms with E-state index in [0.717, 1.165) is 12.8 Å². The maximum absolute atomic E-state index is 11.3. The molecule has 0 bridgehead atoms. The highest BCUT2D eigenvalue weighted by Crippen LogP contribution is 2.22. The Kier molecular flexibility index (Phi) is 12.0. The van der Waals surface area contributed by atoms with Crippen LogP contribution in [0.15, 0.2) is 0 Å². The molecule has 0 aromatic heterocycles. The molecule has 8 nitrogen and oxygen atoms in total. The van der Waals surface area contributed by atoms with Crippen molar-refractivity contribution in [3.8, 4) is 0 Å². The van der Waals surface area contributed by atoms with Crippen molar-refractivity contribution in [2.24, 2.45) is 0 Å². The fourth-order valence-corrected chi connectivity index (χ4v) is 2.92. The van der Waals surface area contributed by atoms with Crippen molar-refractivity contribution < 1.29 is 34.3 Å². The fourth-order valence-electron chi connectivity index (χ4n) is 2.92. The van der Waals surface area contributed by atoms with Crippen molar-refractivity contribution in [3.05, 3.63) is 0 Å². The Labute approximate surface area is 155 Å². The number of aliphatic hydroxyl groups is 3. The summed E-state index contributed by atoms with van der Waals surface area (Å²) in [6.07, 6.45) is 2.64. The van der Waals surface area contributed by atoms with Crippen molar-refractivity contribution >= 4 is 5.91 Å². The second kappa shape index (κ2) is 13.4. The lowest BCUT2D eigenvalue weighted by atomic mass is 9.97. The molecule has 0 saturated carbocycles. The van der Waals surface area contributed by atoms with E-state index in [9.17, 15) is 20.1 Å². The van der Waals surface area contributed by atoms with Gasteiger partial charge in [-0.2, -0.15) is 0 Å². The van der Waals surface area contributed by atoms with Crippen molar-refractivity contribution in [2.45, 2.75) is 83.0 Å². The van der Waals surface area contributed by atoms with Crippen LogP contribution in [0.25, 0.3) is 0 Å². The maximum Gasteiger partial charge on any atom is 0.217 e. The van der Waals surface area contributed by atoms with Gasteiger partial charge in [0.1, 0.15) is 24.4 Å². The molecule has 4 N–H and O–H groups in total. The molecule has 1 aliphatic rings. The molecule has 1 saturated heterocycles. The molecule has 1 fully saturated rings. The minimum atomic E-state index is -1.30. The van der Waals surface area contributed by atoms with E-state index in [1.807, 2.05) is 0 Å². The molecular weight excluding hydrogens is 342 g/mol. The molecular formula is C18H35NO7. The van der Waals surface area contributed by atoms with E-state index >= 15 is 0 Å². The summed E-state index contributed by atoms with van der Waals surface area (Å²) in [5.74, 6) is -0.375. The summed E-state index contributed by atoms with van der Waals surface area (Å²) >= 11 is 0. The summed E-state index contributed by atoms with van der Waals surface area (Å²) in [6, 6.07) is -0.913. The Morgan fingerprint density at radius 3 is 2.38 bits per heavy atom. The van der Waals surface area contributed by atoms with Crippen molar-refractivity contribution in [3.63, 3.8) is 0 Å². The smallest absolute Gasteiger partial charge is 0.217 e. The fraction of sp³-hybridized carbons (Fsp3) is 0.944. The van der Waals surface area contributed by atoms with Crippen LogP contribution in [0, 0.1) is 0 Å².